The molecule has 0 aliphatic carbocycles. The van der Waals surface area contributed by atoms with E-state index in [9.17, 15) is 5.11 Å². The zero-order chi connectivity index (χ0) is 16.6. The smallest absolute Gasteiger partial charge is 0.0564 e. The van der Waals surface area contributed by atoms with E-state index in [0.717, 1.165) is 52.0 Å². The number of hydrogen-bond acceptors (Lipinski definition) is 3. The molecule has 2 aromatic rings. The van der Waals surface area contributed by atoms with Crippen molar-refractivity contribution in [2.24, 2.45) is 0 Å². The Balaban J connectivity index is 1.39. The molecule has 2 aromatic carbocycles. The Morgan fingerprint density at radius 1 is 0.958 bits per heavy atom. The van der Waals surface area contributed by atoms with Crippen LogP contribution in [0.5, 0.6) is 0 Å². The molecule has 2 N–H and O–H groups in total. The highest BCUT2D eigenvalue weighted by molar-refractivity contribution is 5.63. The first-order valence-electron chi connectivity index (χ1n) is 9.07. The Hall–Kier alpha value is -1.68. The summed E-state index contributed by atoms with van der Waals surface area (Å²) in [6, 6.07) is 19.3. The van der Waals surface area contributed by atoms with Crippen LogP contribution in [0.1, 0.15) is 24.8 Å². The van der Waals surface area contributed by atoms with Gasteiger partial charge < -0.3 is 15.3 Å². The standard InChI is InChI=1S/C21H28N2O/c24-21-10-14-23(15-11-21)13-5-12-22-17-18-6-4-9-20(16-18)19-7-2-1-3-8-19/h1-4,6-9,16,21-22,24H,5,10-15,17H2. The average Bonchev–Trinajstić information content (AvgIpc) is 2.64. The molecule has 0 bridgehead atoms. The predicted molar refractivity (Wildman–Crippen MR) is 99.9 cm³/mol. The van der Waals surface area contributed by atoms with Gasteiger partial charge in [-0.15, -0.1) is 0 Å². The predicted octanol–water partition coefficient (Wildman–Crippen LogP) is 3.29. The second-order valence-corrected chi connectivity index (χ2v) is 6.67. The van der Waals surface area contributed by atoms with Gasteiger partial charge in [0.25, 0.3) is 0 Å². The normalized spacial score (nSPS) is 16.4. The Morgan fingerprint density at radius 2 is 1.71 bits per heavy atom. The minimum atomic E-state index is -0.0729. The summed E-state index contributed by atoms with van der Waals surface area (Å²) in [4.78, 5) is 2.46. The van der Waals surface area contributed by atoms with Crippen LogP contribution in [0.15, 0.2) is 54.6 Å². The summed E-state index contributed by atoms with van der Waals surface area (Å²) in [5.41, 5.74) is 3.88. The minimum Gasteiger partial charge on any atom is -0.393 e. The van der Waals surface area contributed by atoms with Crippen LogP contribution in [-0.4, -0.2) is 42.3 Å². The molecule has 1 saturated heterocycles. The highest BCUT2D eigenvalue weighted by atomic mass is 16.3. The Labute approximate surface area is 145 Å². The third-order valence-electron chi connectivity index (χ3n) is 4.75. The summed E-state index contributed by atoms with van der Waals surface area (Å²) in [6.45, 7) is 5.17. The van der Waals surface area contributed by atoms with Crippen molar-refractivity contribution in [2.45, 2.75) is 31.9 Å². The van der Waals surface area contributed by atoms with E-state index in [1.807, 2.05) is 0 Å². The number of rotatable bonds is 7. The molecule has 0 atom stereocenters. The number of benzene rings is 2. The highest BCUT2D eigenvalue weighted by Gasteiger charge is 2.15. The monoisotopic (exact) mass is 324 g/mol. The first-order valence-corrected chi connectivity index (χ1v) is 9.07. The molecular weight excluding hydrogens is 296 g/mol. The fraction of sp³-hybridized carbons (Fsp3) is 0.429. The maximum Gasteiger partial charge on any atom is 0.0564 e. The number of likely N-dealkylation sites (tertiary alicyclic amines) is 1. The molecule has 1 fully saturated rings. The Morgan fingerprint density at radius 3 is 2.50 bits per heavy atom. The van der Waals surface area contributed by atoms with Crippen molar-refractivity contribution < 1.29 is 5.11 Å². The van der Waals surface area contributed by atoms with E-state index in [0.29, 0.717) is 0 Å². The van der Waals surface area contributed by atoms with E-state index in [1.54, 1.807) is 0 Å². The van der Waals surface area contributed by atoms with Crippen molar-refractivity contribution in [3.8, 4) is 11.1 Å². The lowest BCUT2D eigenvalue weighted by Crippen LogP contribution is -2.37. The molecule has 3 nitrogen and oxygen atoms in total. The van der Waals surface area contributed by atoms with E-state index in [2.05, 4.69) is 64.8 Å². The molecule has 0 saturated carbocycles. The molecule has 3 rings (SSSR count). The first kappa shape index (κ1) is 17.2. The molecule has 0 radical (unpaired) electrons. The number of piperidine rings is 1. The summed E-state index contributed by atoms with van der Waals surface area (Å²) >= 11 is 0. The molecule has 0 amide bonds. The van der Waals surface area contributed by atoms with Gasteiger partial charge in [-0.05, 0) is 55.1 Å². The van der Waals surface area contributed by atoms with E-state index in [1.165, 1.54) is 16.7 Å². The lowest BCUT2D eigenvalue weighted by molar-refractivity contribution is 0.0821. The SMILES string of the molecule is OC1CCN(CCCNCc2cccc(-c3ccccc3)c2)CC1. The van der Waals surface area contributed by atoms with Gasteiger partial charge in [0.2, 0.25) is 0 Å². The lowest BCUT2D eigenvalue weighted by Gasteiger charge is -2.29. The van der Waals surface area contributed by atoms with Crippen molar-refractivity contribution in [1.82, 2.24) is 10.2 Å². The molecule has 24 heavy (non-hydrogen) atoms. The summed E-state index contributed by atoms with van der Waals surface area (Å²) in [6.07, 6.45) is 2.95. The number of nitrogens with zero attached hydrogens (tertiary/aromatic N) is 1. The van der Waals surface area contributed by atoms with Gasteiger partial charge in [0.05, 0.1) is 6.10 Å². The van der Waals surface area contributed by atoms with Gasteiger partial charge in [-0.1, -0.05) is 48.5 Å². The first-order chi connectivity index (χ1) is 11.8. The Kier molecular flexibility index (Phi) is 6.41. The number of aliphatic hydroxyl groups excluding tert-OH is 1. The fourth-order valence-corrected chi connectivity index (χ4v) is 3.29. The summed E-state index contributed by atoms with van der Waals surface area (Å²) in [5.74, 6) is 0. The van der Waals surface area contributed by atoms with Gasteiger partial charge in [-0.3, -0.25) is 0 Å². The fourth-order valence-electron chi connectivity index (χ4n) is 3.29. The van der Waals surface area contributed by atoms with Crippen LogP contribution < -0.4 is 5.32 Å². The molecule has 0 unspecified atom stereocenters. The van der Waals surface area contributed by atoms with Crippen LogP contribution in [0.4, 0.5) is 0 Å². The maximum absolute atomic E-state index is 9.53. The van der Waals surface area contributed by atoms with Crippen LogP contribution >= 0.6 is 0 Å². The van der Waals surface area contributed by atoms with Crippen LogP contribution in [0.2, 0.25) is 0 Å². The summed E-state index contributed by atoms with van der Waals surface area (Å²) in [5, 5.41) is 13.1. The number of aliphatic hydroxyl groups is 1. The van der Waals surface area contributed by atoms with Crippen molar-refractivity contribution in [3.63, 3.8) is 0 Å². The third-order valence-corrected chi connectivity index (χ3v) is 4.75. The molecule has 1 heterocycles. The Bertz CT molecular complexity index is 606. The van der Waals surface area contributed by atoms with Crippen LogP contribution in [0, 0.1) is 0 Å². The molecule has 1 aliphatic heterocycles. The largest absolute Gasteiger partial charge is 0.393 e. The minimum absolute atomic E-state index is 0.0729. The van der Waals surface area contributed by atoms with Crippen molar-refractivity contribution >= 4 is 0 Å². The van der Waals surface area contributed by atoms with E-state index in [-0.39, 0.29) is 6.10 Å². The van der Waals surface area contributed by atoms with Crippen LogP contribution in [0.25, 0.3) is 11.1 Å². The second-order valence-electron chi connectivity index (χ2n) is 6.67. The van der Waals surface area contributed by atoms with Gasteiger partial charge in [0.15, 0.2) is 0 Å². The molecule has 0 spiro atoms. The topological polar surface area (TPSA) is 35.5 Å². The third kappa shape index (κ3) is 5.17. The van der Waals surface area contributed by atoms with Gasteiger partial charge in [-0.2, -0.15) is 0 Å². The number of nitrogens with one attached hydrogen (secondary N) is 1. The van der Waals surface area contributed by atoms with E-state index < -0.39 is 0 Å². The highest BCUT2D eigenvalue weighted by Crippen LogP contribution is 2.19. The zero-order valence-corrected chi connectivity index (χ0v) is 14.3. The zero-order valence-electron chi connectivity index (χ0n) is 14.3. The maximum atomic E-state index is 9.53. The summed E-state index contributed by atoms with van der Waals surface area (Å²) < 4.78 is 0. The molecule has 1 aliphatic rings. The quantitative estimate of drug-likeness (QED) is 0.767. The van der Waals surface area contributed by atoms with Crippen molar-refractivity contribution in [1.29, 1.82) is 0 Å². The van der Waals surface area contributed by atoms with E-state index in [4.69, 9.17) is 0 Å². The number of hydrogen-bond donors (Lipinski definition) is 2. The molecular formula is C21H28N2O. The van der Waals surface area contributed by atoms with Gasteiger partial charge in [-0.25, -0.2) is 0 Å². The van der Waals surface area contributed by atoms with E-state index >= 15 is 0 Å². The van der Waals surface area contributed by atoms with Gasteiger partial charge in [0.1, 0.15) is 0 Å². The lowest BCUT2D eigenvalue weighted by atomic mass is 10.0. The van der Waals surface area contributed by atoms with Crippen LogP contribution in [-0.2, 0) is 6.54 Å². The van der Waals surface area contributed by atoms with Gasteiger partial charge in [0, 0.05) is 19.6 Å². The average molecular weight is 324 g/mol. The van der Waals surface area contributed by atoms with Gasteiger partial charge >= 0.3 is 0 Å². The summed E-state index contributed by atoms with van der Waals surface area (Å²) in [7, 11) is 0. The van der Waals surface area contributed by atoms with Crippen molar-refractivity contribution in [3.05, 3.63) is 60.2 Å². The van der Waals surface area contributed by atoms with Crippen LogP contribution in [0.3, 0.4) is 0 Å². The molecule has 128 valence electrons. The molecule has 3 heteroatoms. The second kappa shape index (κ2) is 8.97. The van der Waals surface area contributed by atoms with Crippen molar-refractivity contribution in [2.75, 3.05) is 26.2 Å². The molecule has 0 aromatic heterocycles.